The number of benzene rings is 4. The third-order valence-electron chi connectivity index (χ3n) is 6.21. The number of aryl methyl sites for hydroxylation is 1. The first-order chi connectivity index (χ1) is 17.7. The maximum Gasteiger partial charge on any atom is 0.161 e. The van der Waals surface area contributed by atoms with E-state index >= 15 is 0 Å². The van der Waals surface area contributed by atoms with Gasteiger partial charge in [-0.15, -0.1) is 0 Å². The normalized spacial score (nSPS) is 11.7. The van der Waals surface area contributed by atoms with Crippen LogP contribution < -0.4 is 14.8 Å². The molecule has 2 N–H and O–H groups in total. The molecule has 0 saturated carbocycles. The van der Waals surface area contributed by atoms with E-state index in [4.69, 9.17) is 9.47 Å². The summed E-state index contributed by atoms with van der Waals surface area (Å²) < 4.78 is 11.7. The van der Waals surface area contributed by atoms with Crippen LogP contribution in [0.1, 0.15) is 35.6 Å². The highest BCUT2D eigenvalue weighted by Gasteiger charge is 2.07. The van der Waals surface area contributed by atoms with Gasteiger partial charge in [-0.05, 0) is 79.3 Å². The van der Waals surface area contributed by atoms with E-state index in [2.05, 4.69) is 48.6 Å². The van der Waals surface area contributed by atoms with Crippen molar-refractivity contribution in [3.05, 3.63) is 125 Å². The van der Waals surface area contributed by atoms with Gasteiger partial charge in [0.05, 0.1) is 0 Å². The lowest BCUT2D eigenvalue weighted by atomic mass is 10.1. The Balaban J connectivity index is 1.16. The van der Waals surface area contributed by atoms with Gasteiger partial charge in [0.25, 0.3) is 0 Å². The number of rotatable bonds is 13. The van der Waals surface area contributed by atoms with E-state index in [9.17, 15) is 5.11 Å². The molecule has 0 fully saturated rings. The van der Waals surface area contributed by atoms with Gasteiger partial charge in [-0.25, -0.2) is 0 Å². The quantitative estimate of drug-likeness (QED) is 0.223. The van der Waals surface area contributed by atoms with Crippen LogP contribution in [-0.2, 0) is 26.1 Å². The van der Waals surface area contributed by atoms with Crippen LogP contribution in [0, 0.1) is 0 Å². The first-order valence-corrected chi connectivity index (χ1v) is 12.6. The van der Waals surface area contributed by atoms with Gasteiger partial charge < -0.3 is 19.9 Å². The predicted octanol–water partition coefficient (Wildman–Crippen LogP) is 6.70. The van der Waals surface area contributed by atoms with E-state index in [-0.39, 0.29) is 5.75 Å². The van der Waals surface area contributed by atoms with Crippen LogP contribution in [0.4, 0.5) is 0 Å². The predicted molar refractivity (Wildman–Crippen MR) is 146 cm³/mol. The summed E-state index contributed by atoms with van der Waals surface area (Å²) in [5, 5.41) is 13.8. The number of hydrogen-bond acceptors (Lipinski definition) is 4. The van der Waals surface area contributed by atoms with E-state index in [0.717, 1.165) is 42.7 Å². The van der Waals surface area contributed by atoms with Crippen molar-refractivity contribution >= 4 is 0 Å². The van der Waals surface area contributed by atoms with Crippen molar-refractivity contribution in [3.63, 3.8) is 0 Å². The highest BCUT2D eigenvalue weighted by Crippen LogP contribution is 2.28. The average Bonchev–Trinajstić information content (AvgIpc) is 2.92. The molecule has 4 aromatic carbocycles. The number of phenols is 1. The van der Waals surface area contributed by atoms with Crippen LogP contribution in [0.25, 0.3) is 0 Å². The van der Waals surface area contributed by atoms with E-state index < -0.39 is 0 Å². The molecule has 0 heterocycles. The molecule has 1 unspecified atom stereocenters. The summed E-state index contributed by atoms with van der Waals surface area (Å²) in [7, 11) is 0. The average molecular weight is 482 g/mol. The molecule has 0 aliphatic rings. The van der Waals surface area contributed by atoms with Crippen LogP contribution in [-0.4, -0.2) is 17.7 Å². The second kappa shape index (κ2) is 13.4. The topological polar surface area (TPSA) is 50.7 Å². The SMILES string of the molecule is CC(CCc1ccc(OCc2ccccc2)cc1)NCCc1ccc(O)c(OCc2ccccc2)c1. The van der Waals surface area contributed by atoms with Crippen LogP contribution in [0.15, 0.2) is 103 Å². The fourth-order valence-electron chi connectivity index (χ4n) is 4.01. The molecule has 0 bridgehead atoms. The monoisotopic (exact) mass is 481 g/mol. The second-order valence-electron chi connectivity index (χ2n) is 9.14. The molecule has 0 saturated heterocycles. The molecule has 0 aromatic heterocycles. The summed E-state index contributed by atoms with van der Waals surface area (Å²) in [6.07, 6.45) is 2.95. The van der Waals surface area contributed by atoms with Crippen molar-refractivity contribution in [3.8, 4) is 17.2 Å². The Labute approximate surface area is 214 Å². The van der Waals surface area contributed by atoms with Crippen molar-refractivity contribution < 1.29 is 14.6 Å². The third-order valence-corrected chi connectivity index (χ3v) is 6.21. The molecule has 0 amide bonds. The van der Waals surface area contributed by atoms with E-state index in [1.807, 2.05) is 60.7 Å². The maximum absolute atomic E-state index is 10.2. The Hall–Kier alpha value is -3.76. The van der Waals surface area contributed by atoms with Gasteiger partial charge in [0.15, 0.2) is 11.5 Å². The summed E-state index contributed by atoms with van der Waals surface area (Å²) in [4.78, 5) is 0. The molecule has 186 valence electrons. The summed E-state index contributed by atoms with van der Waals surface area (Å²) in [5.41, 5.74) is 4.70. The van der Waals surface area contributed by atoms with E-state index in [0.29, 0.717) is 25.0 Å². The standard InChI is InChI=1S/C32H35NO3/c1-25(12-13-26-14-17-30(18-15-26)35-23-28-8-4-2-5-9-28)33-21-20-27-16-19-31(34)32(22-27)36-24-29-10-6-3-7-11-29/h2-11,14-19,22,25,33-34H,12-13,20-21,23-24H2,1H3. The van der Waals surface area contributed by atoms with Crippen LogP contribution in [0.3, 0.4) is 0 Å². The molecule has 36 heavy (non-hydrogen) atoms. The van der Waals surface area contributed by atoms with Gasteiger partial charge in [-0.1, -0.05) is 78.9 Å². The third kappa shape index (κ3) is 8.17. The lowest BCUT2D eigenvalue weighted by molar-refractivity contribution is 0.288. The molecular formula is C32H35NO3. The van der Waals surface area contributed by atoms with Gasteiger partial charge in [0.2, 0.25) is 0 Å². The maximum atomic E-state index is 10.2. The van der Waals surface area contributed by atoms with Crippen molar-refractivity contribution in [2.45, 2.75) is 45.4 Å². The van der Waals surface area contributed by atoms with Gasteiger partial charge in [0, 0.05) is 6.04 Å². The van der Waals surface area contributed by atoms with Crippen LogP contribution in [0.2, 0.25) is 0 Å². The first kappa shape index (κ1) is 25.3. The highest BCUT2D eigenvalue weighted by atomic mass is 16.5. The smallest absolute Gasteiger partial charge is 0.161 e. The van der Waals surface area contributed by atoms with Gasteiger partial charge in [-0.2, -0.15) is 0 Å². The molecule has 4 rings (SSSR count). The Morgan fingerprint density at radius 3 is 1.94 bits per heavy atom. The lowest BCUT2D eigenvalue weighted by Crippen LogP contribution is -2.28. The zero-order chi connectivity index (χ0) is 25.0. The minimum atomic E-state index is 0.174. The molecule has 4 heteroatoms. The molecule has 0 radical (unpaired) electrons. The van der Waals surface area contributed by atoms with Crippen LogP contribution in [0.5, 0.6) is 17.2 Å². The Bertz CT molecular complexity index is 1180. The molecule has 4 nitrogen and oxygen atoms in total. The first-order valence-electron chi connectivity index (χ1n) is 12.6. The largest absolute Gasteiger partial charge is 0.504 e. The van der Waals surface area contributed by atoms with Gasteiger partial charge >= 0.3 is 0 Å². The fourth-order valence-corrected chi connectivity index (χ4v) is 4.01. The fraction of sp³-hybridized carbons (Fsp3) is 0.250. The molecule has 0 aliphatic heterocycles. The molecular weight excluding hydrogens is 446 g/mol. The minimum absolute atomic E-state index is 0.174. The minimum Gasteiger partial charge on any atom is -0.504 e. The molecule has 0 aliphatic carbocycles. The Kier molecular flexibility index (Phi) is 9.40. The number of ether oxygens (including phenoxy) is 2. The summed E-state index contributed by atoms with van der Waals surface area (Å²) in [6, 6.07) is 34.6. The molecule has 0 spiro atoms. The van der Waals surface area contributed by atoms with Gasteiger partial charge in [-0.3, -0.25) is 0 Å². The molecule has 4 aromatic rings. The summed E-state index contributed by atoms with van der Waals surface area (Å²) in [5.74, 6) is 1.60. The van der Waals surface area contributed by atoms with Crippen molar-refractivity contribution in [1.82, 2.24) is 5.32 Å². The van der Waals surface area contributed by atoms with E-state index in [1.54, 1.807) is 6.07 Å². The Morgan fingerprint density at radius 1 is 0.667 bits per heavy atom. The number of hydrogen-bond donors (Lipinski definition) is 2. The number of nitrogens with one attached hydrogen (secondary N) is 1. The van der Waals surface area contributed by atoms with E-state index in [1.165, 1.54) is 11.1 Å². The van der Waals surface area contributed by atoms with Crippen molar-refractivity contribution in [2.75, 3.05) is 6.54 Å². The van der Waals surface area contributed by atoms with Crippen molar-refractivity contribution in [1.29, 1.82) is 0 Å². The Morgan fingerprint density at radius 2 is 1.28 bits per heavy atom. The number of phenolic OH excluding ortho intramolecular Hbond substituents is 1. The van der Waals surface area contributed by atoms with Gasteiger partial charge in [0.1, 0.15) is 19.0 Å². The van der Waals surface area contributed by atoms with Crippen molar-refractivity contribution in [2.24, 2.45) is 0 Å². The summed E-state index contributed by atoms with van der Waals surface area (Å²) >= 11 is 0. The second-order valence-corrected chi connectivity index (χ2v) is 9.14. The highest BCUT2D eigenvalue weighted by molar-refractivity contribution is 5.42. The van der Waals surface area contributed by atoms with Crippen LogP contribution >= 0.6 is 0 Å². The number of aromatic hydroxyl groups is 1. The summed E-state index contributed by atoms with van der Waals surface area (Å²) in [6.45, 7) is 4.12. The molecule has 1 atom stereocenters. The zero-order valence-electron chi connectivity index (χ0n) is 20.9. The lowest BCUT2D eigenvalue weighted by Gasteiger charge is -2.15. The zero-order valence-corrected chi connectivity index (χ0v) is 20.9.